The van der Waals surface area contributed by atoms with Crippen molar-refractivity contribution in [2.24, 2.45) is 0 Å². The summed E-state index contributed by atoms with van der Waals surface area (Å²) in [4.78, 5) is 15.3. The van der Waals surface area contributed by atoms with Crippen molar-refractivity contribution < 1.29 is 4.79 Å². The fourth-order valence-electron chi connectivity index (χ4n) is 4.69. The van der Waals surface area contributed by atoms with Gasteiger partial charge in [-0.1, -0.05) is 72.8 Å². The molecule has 0 bridgehead atoms. The van der Waals surface area contributed by atoms with Gasteiger partial charge >= 0.3 is 6.03 Å². The summed E-state index contributed by atoms with van der Waals surface area (Å²) in [6, 6.07) is 28.6. The third kappa shape index (κ3) is 8.53. The Morgan fingerprint density at radius 1 is 0.800 bits per heavy atom. The maximum absolute atomic E-state index is 12.8. The van der Waals surface area contributed by atoms with Gasteiger partial charge < -0.3 is 20.9 Å². The normalized spacial score (nSPS) is 14.5. The van der Waals surface area contributed by atoms with Crippen LogP contribution in [0.1, 0.15) is 31.2 Å². The molecule has 184 valence electrons. The molecule has 1 saturated heterocycles. The first-order valence-electron chi connectivity index (χ1n) is 13.0. The van der Waals surface area contributed by atoms with E-state index in [1.165, 1.54) is 37.1 Å². The van der Waals surface area contributed by atoms with Crippen molar-refractivity contribution in [3.63, 3.8) is 0 Å². The lowest BCUT2D eigenvalue weighted by Gasteiger charge is -2.20. The van der Waals surface area contributed by atoms with Crippen LogP contribution in [0.2, 0.25) is 0 Å². The number of hydrogen-bond acceptors (Lipinski definition) is 3. The molecule has 35 heavy (non-hydrogen) atoms. The number of nitrogens with one attached hydrogen (secondary N) is 3. The quantitative estimate of drug-likeness (QED) is 0.304. The SMILES string of the molecule is O=C(Nc1ccc(-c2ccccc2)cc1)N[C@H](CCCNCCN1CCCC1)Cc1ccccc1. The van der Waals surface area contributed by atoms with Crippen molar-refractivity contribution in [2.75, 3.05) is 38.0 Å². The molecule has 0 radical (unpaired) electrons. The first kappa shape index (κ1) is 25.0. The molecule has 2 amide bonds. The molecule has 3 aromatic rings. The monoisotopic (exact) mass is 470 g/mol. The first-order chi connectivity index (χ1) is 17.3. The van der Waals surface area contributed by atoms with Gasteiger partial charge in [-0.3, -0.25) is 0 Å². The second-order valence-electron chi connectivity index (χ2n) is 9.37. The van der Waals surface area contributed by atoms with Crippen LogP contribution in [0.5, 0.6) is 0 Å². The van der Waals surface area contributed by atoms with Crippen LogP contribution < -0.4 is 16.0 Å². The van der Waals surface area contributed by atoms with E-state index in [0.717, 1.165) is 50.1 Å². The average Bonchev–Trinajstić information content (AvgIpc) is 3.41. The largest absolute Gasteiger partial charge is 0.335 e. The number of nitrogens with zero attached hydrogens (tertiary/aromatic N) is 1. The van der Waals surface area contributed by atoms with E-state index in [9.17, 15) is 4.79 Å². The van der Waals surface area contributed by atoms with Gasteiger partial charge in [-0.25, -0.2) is 4.79 Å². The summed E-state index contributed by atoms with van der Waals surface area (Å²) in [5, 5.41) is 9.79. The Labute approximate surface area is 209 Å². The van der Waals surface area contributed by atoms with Crippen LogP contribution in [-0.2, 0) is 6.42 Å². The molecular weight excluding hydrogens is 432 g/mol. The molecular formula is C30H38N4O. The molecule has 0 spiro atoms. The Balaban J connectivity index is 1.25. The molecule has 5 heteroatoms. The van der Waals surface area contributed by atoms with Crippen LogP contribution in [0.3, 0.4) is 0 Å². The Bertz CT molecular complexity index is 1000. The summed E-state index contributed by atoms with van der Waals surface area (Å²) in [6.07, 6.45) is 5.47. The zero-order valence-electron chi connectivity index (χ0n) is 20.6. The molecule has 3 N–H and O–H groups in total. The minimum Gasteiger partial charge on any atom is -0.335 e. The van der Waals surface area contributed by atoms with Crippen LogP contribution >= 0.6 is 0 Å². The maximum Gasteiger partial charge on any atom is 0.319 e. The molecule has 0 saturated carbocycles. The lowest BCUT2D eigenvalue weighted by molar-refractivity contribution is 0.247. The molecule has 5 nitrogen and oxygen atoms in total. The van der Waals surface area contributed by atoms with Crippen molar-refractivity contribution >= 4 is 11.7 Å². The number of benzene rings is 3. The van der Waals surface area contributed by atoms with Crippen LogP contribution in [0.25, 0.3) is 11.1 Å². The Morgan fingerprint density at radius 2 is 1.46 bits per heavy atom. The van der Waals surface area contributed by atoms with Gasteiger partial charge in [0.1, 0.15) is 0 Å². The number of hydrogen-bond donors (Lipinski definition) is 3. The predicted molar refractivity (Wildman–Crippen MR) is 146 cm³/mol. The topological polar surface area (TPSA) is 56.4 Å². The zero-order valence-corrected chi connectivity index (χ0v) is 20.6. The van der Waals surface area contributed by atoms with Crippen molar-refractivity contribution in [1.82, 2.24) is 15.5 Å². The second kappa shape index (κ2) is 13.7. The fourth-order valence-corrected chi connectivity index (χ4v) is 4.69. The number of urea groups is 1. The summed E-state index contributed by atoms with van der Waals surface area (Å²) in [7, 11) is 0. The first-order valence-corrected chi connectivity index (χ1v) is 13.0. The van der Waals surface area contributed by atoms with E-state index in [1.54, 1.807) is 0 Å². The number of amides is 2. The molecule has 0 aromatic heterocycles. The van der Waals surface area contributed by atoms with Crippen LogP contribution in [-0.4, -0.2) is 49.7 Å². The minimum absolute atomic E-state index is 0.0846. The highest BCUT2D eigenvalue weighted by molar-refractivity contribution is 5.89. The maximum atomic E-state index is 12.8. The van der Waals surface area contributed by atoms with Crippen molar-refractivity contribution in [1.29, 1.82) is 0 Å². The van der Waals surface area contributed by atoms with E-state index in [1.807, 2.05) is 48.5 Å². The molecule has 0 aliphatic carbocycles. The molecule has 4 rings (SSSR count). The number of likely N-dealkylation sites (tertiary alicyclic amines) is 1. The Morgan fingerprint density at radius 3 is 2.17 bits per heavy atom. The van der Waals surface area contributed by atoms with Crippen molar-refractivity contribution in [3.8, 4) is 11.1 Å². The minimum atomic E-state index is -0.152. The van der Waals surface area contributed by atoms with E-state index < -0.39 is 0 Å². The molecule has 0 unspecified atom stereocenters. The van der Waals surface area contributed by atoms with Crippen LogP contribution in [0, 0.1) is 0 Å². The van der Waals surface area contributed by atoms with E-state index in [2.05, 4.69) is 57.2 Å². The van der Waals surface area contributed by atoms with E-state index in [0.29, 0.717) is 0 Å². The summed E-state index contributed by atoms with van der Waals surface area (Å²) in [5.41, 5.74) is 4.34. The highest BCUT2D eigenvalue weighted by atomic mass is 16.2. The van der Waals surface area contributed by atoms with Gasteiger partial charge in [0, 0.05) is 24.8 Å². The molecule has 1 fully saturated rings. The van der Waals surface area contributed by atoms with Crippen LogP contribution in [0.15, 0.2) is 84.9 Å². The fraction of sp³-hybridized carbons (Fsp3) is 0.367. The van der Waals surface area contributed by atoms with E-state index in [-0.39, 0.29) is 12.1 Å². The number of anilines is 1. The zero-order chi connectivity index (χ0) is 24.1. The van der Waals surface area contributed by atoms with Crippen molar-refractivity contribution in [3.05, 3.63) is 90.5 Å². The molecule has 1 atom stereocenters. The second-order valence-corrected chi connectivity index (χ2v) is 9.37. The van der Waals surface area contributed by atoms with Gasteiger partial charge in [0.25, 0.3) is 0 Å². The Hall–Kier alpha value is -3.15. The van der Waals surface area contributed by atoms with Gasteiger partial charge in [0.05, 0.1) is 0 Å². The molecule has 1 heterocycles. The molecule has 1 aliphatic heterocycles. The third-order valence-electron chi connectivity index (χ3n) is 6.62. The van der Waals surface area contributed by atoms with Gasteiger partial charge in [-0.15, -0.1) is 0 Å². The van der Waals surface area contributed by atoms with Crippen LogP contribution in [0.4, 0.5) is 10.5 Å². The van der Waals surface area contributed by atoms with E-state index >= 15 is 0 Å². The van der Waals surface area contributed by atoms with Gasteiger partial charge in [0.15, 0.2) is 0 Å². The van der Waals surface area contributed by atoms with Gasteiger partial charge in [-0.05, 0) is 80.6 Å². The smallest absolute Gasteiger partial charge is 0.319 e. The Kier molecular flexibility index (Phi) is 9.74. The van der Waals surface area contributed by atoms with E-state index in [4.69, 9.17) is 0 Å². The number of rotatable bonds is 12. The predicted octanol–water partition coefficient (Wildman–Crippen LogP) is 5.55. The summed E-state index contributed by atoms with van der Waals surface area (Å²) in [6.45, 7) is 5.64. The highest BCUT2D eigenvalue weighted by Crippen LogP contribution is 2.21. The van der Waals surface area contributed by atoms with Gasteiger partial charge in [-0.2, -0.15) is 0 Å². The third-order valence-corrected chi connectivity index (χ3v) is 6.62. The lowest BCUT2D eigenvalue weighted by Crippen LogP contribution is -2.40. The van der Waals surface area contributed by atoms with Crippen molar-refractivity contribution in [2.45, 2.75) is 38.1 Å². The lowest BCUT2D eigenvalue weighted by atomic mass is 10.0. The summed E-state index contributed by atoms with van der Waals surface area (Å²) < 4.78 is 0. The number of carbonyl (C=O) groups excluding carboxylic acids is 1. The average molecular weight is 471 g/mol. The molecule has 1 aliphatic rings. The molecule has 3 aromatic carbocycles. The summed E-state index contributed by atoms with van der Waals surface area (Å²) in [5.74, 6) is 0. The summed E-state index contributed by atoms with van der Waals surface area (Å²) >= 11 is 0. The number of carbonyl (C=O) groups is 1. The standard InChI is InChI=1S/C30H38N4O/c35-30(32-28-17-15-27(16-18-28)26-12-5-2-6-13-26)33-29(24-25-10-3-1-4-11-25)14-9-19-31-20-23-34-21-7-8-22-34/h1-6,10-13,15-18,29,31H,7-9,14,19-24H2,(H2,32,33,35)/t29-/m1/s1. The highest BCUT2D eigenvalue weighted by Gasteiger charge is 2.14. The van der Waals surface area contributed by atoms with Gasteiger partial charge in [0.2, 0.25) is 0 Å².